The van der Waals surface area contributed by atoms with Crippen molar-refractivity contribution in [1.29, 1.82) is 0 Å². The van der Waals surface area contributed by atoms with Gasteiger partial charge in [-0.2, -0.15) is 5.10 Å². The van der Waals surface area contributed by atoms with Crippen molar-refractivity contribution in [2.45, 2.75) is 13.3 Å². The minimum Gasteiger partial charge on any atom is -0.396 e. The van der Waals surface area contributed by atoms with Gasteiger partial charge in [-0.05, 0) is 24.6 Å². The molecule has 1 amide bonds. The first-order valence-electron chi connectivity index (χ1n) is 5.51. The minimum atomic E-state index is -0.542. The maximum absolute atomic E-state index is 13.0. The van der Waals surface area contributed by atoms with Crippen LogP contribution in [0.3, 0.4) is 0 Å². The summed E-state index contributed by atoms with van der Waals surface area (Å²) in [6.07, 6.45) is 0.798. The lowest BCUT2D eigenvalue weighted by Crippen LogP contribution is -2.12. The van der Waals surface area contributed by atoms with E-state index in [0.29, 0.717) is 5.82 Å². The van der Waals surface area contributed by atoms with Crippen LogP contribution in [-0.4, -0.2) is 16.1 Å². The van der Waals surface area contributed by atoms with Crippen LogP contribution in [0.25, 0.3) is 0 Å². The second-order valence-corrected chi connectivity index (χ2v) is 3.82. The Labute approximate surface area is 103 Å². The fraction of sp³-hybridized carbons (Fsp3) is 0.167. The molecular weight excluding hydrogens is 235 g/mol. The van der Waals surface area contributed by atoms with Crippen LogP contribution in [-0.2, 0) is 6.42 Å². The Balaban J connectivity index is 2.14. The standard InChI is InChI=1S/C12H13FN4O/c1-2-8-6-11(17-16-8)15-12(18)7-3-4-9(13)10(14)5-7/h3-6H,2,14H2,1H3,(H2,15,16,17,18). The van der Waals surface area contributed by atoms with Gasteiger partial charge in [-0.3, -0.25) is 9.89 Å². The van der Waals surface area contributed by atoms with Crippen LogP contribution in [0, 0.1) is 5.82 Å². The molecule has 0 radical (unpaired) electrons. The van der Waals surface area contributed by atoms with E-state index >= 15 is 0 Å². The number of H-pyrrole nitrogens is 1. The molecule has 0 saturated heterocycles. The normalized spacial score (nSPS) is 10.3. The first kappa shape index (κ1) is 12.1. The first-order chi connectivity index (χ1) is 8.60. The van der Waals surface area contributed by atoms with Crippen molar-refractivity contribution >= 4 is 17.4 Å². The van der Waals surface area contributed by atoms with Crippen LogP contribution in [0.1, 0.15) is 23.0 Å². The lowest BCUT2D eigenvalue weighted by atomic mass is 10.2. The van der Waals surface area contributed by atoms with Crippen molar-refractivity contribution in [1.82, 2.24) is 10.2 Å². The van der Waals surface area contributed by atoms with E-state index < -0.39 is 5.82 Å². The van der Waals surface area contributed by atoms with Gasteiger partial charge in [0.2, 0.25) is 0 Å². The lowest BCUT2D eigenvalue weighted by molar-refractivity contribution is 0.102. The van der Waals surface area contributed by atoms with Crippen molar-refractivity contribution in [2.24, 2.45) is 0 Å². The van der Waals surface area contributed by atoms with E-state index in [0.717, 1.165) is 18.2 Å². The molecule has 0 spiro atoms. The van der Waals surface area contributed by atoms with E-state index in [1.807, 2.05) is 6.92 Å². The maximum Gasteiger partial charge on any atom is 0.256 e. The molecule has 0 aliphatic carbocycles. The van der Waals surface area contributed by atoms with Gasteiger partial charge in [0, 0.05) is 17.3 Å². The Hall–Kier alpha value is -2.37. The molecule has 1 aromatic heterocycles. The Kier molecular flexibility index (Phi) is 3.27. The summed E-state index contributed by atoms with van der Waals surface area (Å²) in [6.45, 7) is 1.97. The molecule has 0 bridgehead atoms. The number of hydrogen-bond acceptors (Lipinski definition) is 3. The van der Waals surface area contributed by atoms with E-state index in [1.54, 1.807) is 6.07 Å². The number of nitrogens with one attached hydrogen (secondary N) is 2. The molecule has 94 valence electrons. The number of aromatic amines is 1. The number of carbonyl (C=O) groups is 1. The van der Waals surface area contributed by atoms with Crippen LogP contribution >= 0.6 is 0 Å². The molecule has 1 aromatic carbocycles. The highest BCUT2D eigenvalue weighted by Gasteiger charge is 2.10. The number of nitrogen functional groups attached to an aromatic ring is 1. The second-order valence-electron chi connectivity index (χ2n) is 3.82. The first-order valence-corrected chi connectivity index (χ1v) is 5.51. The van der Waals surface area contributed by atoms with Crippen molar-refractivity contribution < 1.29 is 9.18 Å². The maximum atomic E-state index is 13.0. The summed E-state index contributed by atoms with van der Waals surface area (Å²) in [5.74, 6) is -0.491. The SMILES string of the molecule is CCc1cc(NC(=O)c2ccc(F)c(N)c2)n[nH]1. The predicted molar refractivity (Wildman–Crippen MR) is 66.7 cm³/mol. The Bertz CT molecular complexity index is 579. The number of nitrogens with two attached hydrogens (primary N) is 1. The zero-order valence-corrected chi connectivity index (χ0v) is 9.83. The van der Waals surface area contributed by atoms with Gasteiger partial charge in [-0.1, -0.05) is 6.92 Å². The van der Waals surface area contributed by atoms with Gasteiger partial charge < -0.3 is 11.1 Å². The Morgan fingerprint density at radius 1 is 1.50 bits per heavy atom. The molecule has 0 atom stereocenters. The monoisotopic (exact) mass is 248 g/mol. The molecule has 0 fully saturated rings. The third kappa shape index (κ3) is 2.48. The highest BCUT2D eigenvalue weighted by atomic mass is 19.1. The minimum absolute atomic E-state index is 0.0566. The number of benzene rings is 1. The average molecular weight is 248 g/mol. The van der Waals surface area contributed by atoms with Gasteiger partial charge in [0.1, 0.15) is 5.82 Å². The molecule has 1 heterocycles. The molecule has 0 saturated carbocycles. The van der Waals surface area contributed by atoms with Gasteiger partial charge in [-0.15, -0.1) is 0 Å². The largest absolute Gasteiger partial charge is 0.396 e. The lowest BCUT2D eigenvalue weighted by Gasteiger charge is -2.03. The zero-order valence-electron chi connectivity index (χ0n) is 9.83. The summed E-state index contributed by atoms with van der Waals surface area (Å²) in [5, 5.41) is 9.31. The van der Waals surface area contributed by atoms with Crippen LogP contribution < -0.4 is 11.1 Å². The summed E-state index contributed by atoms with van der Waals surface area (Å²) < 4.78 is 13.0. The second kappa shape index (κ2) is 4.87. The average Bonchev–Trinajstić information content (AvgIpc) is 2.80. The number of aryl methyl sites for hydroxylation is 1. The molecule has 18 heavy (non-hydrogen) atoms. The van der Waals surface area contributed by atoms with E-state index in [1.165, 1.54) is 12.1 Å². The summed E-state index contributed by atoms with van der Waals surface area (Å²) in [6, 6.07) is 5.56. The van der Waals surface area contributed by atoms with E-state index in [-0.39, 0.29) is 17.2 Å². The number of amides is 1. The molecule has 4 N–H and O–H groups in total. The quantitative estimate of drug-likeness (QED) is 0.726. The van der Waals surface area contributed by atoms with Crippen molar-refractivity contribution in [3.05, 3.63) is 41.3 Å². The predicted octanol–water partition coefficient (Wildman–Crippen LogP) is 1.95. The summed E-state index contributed by atoms with van der Waals surface area (Å²) in [4.78, 5) is 11.8. The van der Waals surface area contributed by atoms with Gasteiger partial charge in [0.25, 0.3) is 5.91 Å². The number of rotatable bonds is 3. The van der Waals surface area contributed by atoms with Crippen molar-refractivity contribution in [2.75, 3.05) is 11.1 Å². The molecule has 0 unspecified atom stereocenters. The van der Waals surface area contributed by atoms with Crippen LogP contribution in [0.2, 0.25) is 0 Å². The molecule has 5 nitrogen and oxygen atoms in total. The molecule has 0 aliphatic heterocycles. The van der Waals surface area contributed by atoms with E-state index in [4.69, 9.17) is 5.73 Å². The fourth-order valence-corrected chi connectivity index (χ4v) is 1.48. The van der Waals surface area contributed by atoms with Gasteiger partial charge in [0.15, 0.2) is 5.82 Å². The number of carbonyl (C=O) groups excluding carboxylic acids is 1. The third-order valence-corrected chi connectivity index (χ3v) is 2.51. The third-order valence-electron chi connectivity index (χ3n) is 2.51. The number of anilines is 2. The molecule has 2 rings (SSSR count). The smallest absolute Gasteiger partial charge is 0.256 e. The van der Waals surface area contributed by atoms with Gasteiger partial charge in [-0.25, -0.2) is 4.39 Å². The molecule has 2 aromatic rings. The highest BCUT2D eigenvalue weighted by Crippen LogP contribution is 2.14. The topological polar surface area (TPSA) is 83.8 Å². The number of hydrogen-bond donors (Lipinski definition) is 3. The highest BCUT2D eigenvalue weighted by molar-refractivity contribution is 6.04. The van der Waals surface area contributed by atoms with Crippen LogP contribution in [0.5, 0.6) is 0 Å². The van der Waals surface area contributed by atoms with E-state index in [9.17, 15) is 9.18 Å². The fourth-order valence-electron chi connectivity index (χ4n) is 1.48. The molecule has 6 heteroatoms. The van der Waals surface area contributed by atoms with Crippen molar-refractivity contribution in [3.63, 3.8) is 0 Å². The Morgan fingerprint density at radius 3 is 2.89 bits per heavy atom. The van der Waals surface area contributed by atoms with E-state index in [2.05, 4.69) is 15.5 Å². The summed E-state index contributed by atoms with van der Waals surface area (Å²) in [5.41, 5.74) is 6.55. The zero-order chi connectivity index (χ0) is 13.1. The summed E-state index contributed by atoms with van der Waals surface area (Å²) >= 11 is 0. The van der Waals surface area contributed by atoms with Crippen LogP contribution in [0.15, 0.2) is 24.3 Å². The van der Waals surface area contributed by atoms with Crippen molar-refractivity contribution in [3.8, 4) is 0 Å². The van der Waals surface area contributed by atoms with Crippen LogP contribution in [0.4, 0.5) is 15.9 Å². The molecular formula is C12H13FN4O. The Morgan fingerprint density at radius 2 is 2.28 bits per heavy atom. The number of halogens is 1. The number of nitrogens with zero attached hydrogens (tertiary/aromatic N) is 1. The number of aromatic nitrogens is 2. The molecule has 0 aliphatic rings. The van der Waals surface area contributed by atoms with Gasteiger partial charge in [0.05, 0.1) is 5.69 Å². The van der Waals surface area contributed by atoms with Gasteiger partial charge >= 0.3 is 0 Å². The summed E-state index contributed by atoms with van der Waals surface area (Å²) in [7, 11) is 0.